The molecule has 1 aromatic carbocycles. The molecule has 1 saturated heterocycles. The Morgan fingerprint density at radius 3 is 3.12 bits per heavy atom. The van der Waals surface area contributed by atoms with Crippen molar-refractivity contribution in [2.45, 2.75) is 51.1 Å². The first-order chi connectivity index (χ1) is 11.9. The third kappa shape index (κ3) is 2.53. The Kier molecular flexibility index (Phi) is 3.58. The molecule has 24 heavy (non-hydrogen) atoms. The van der Waals surface area contributed by atoms with Gasteiger partial charge in [-0.3, -0.25) is 4.90 Å². The molecule has 4 nitrogen and oxygen atoms in total. The van der Waals surface area contributed by atoms with E-state index in [4.69, 9.17) is 4.74 Å². The van der Waals surface area contributed by atoms with E-state index in [2.05, 4.69) is 39.0 Å². The van der Waals surface area contributed by atoms with Gasteiger partial charge >= 0.3 is 0 Å². The van der Waals surface area contributed by atoms with Crippen LogP contribution in [0.1, 0.15) is 47.8 Å². The second-order valence-corrected chi connectivity index (χ2v) is 7.47. The standard InChI is InChI=1S/C20H25N3O/c1-2-4-19-18(3-1)21-14-23(19)17-7-9-22(13-17)12-15-5-6-20-16(11-15)8-10-24-20/h5-6,11,14,17H,1-4,7-10,12-13H2. The van der Waals surface area contributed by atoms with Gasteiger partial charge in [-0.2, -0.15) is 0 Å². The quantitative estimate of drug-likeness (QED) is 0.869. The average molecular weight is 323 g/mol. The normalized spacial score (nSPS) is 23.1. The van der Waals surface area contributed by atoms with Gasteiger partial charge in [-0.15, -0.1) is 0 Å². The first-order valence-corrected chi connectivity index (χ1v) is 9.38. The van der Waals surface area contributed by atoms with E-state index in [0.717, 1.165) is 31.9 Å². The Hall–Kier alpha value is -1.81. The molecule has 0 bridgehead atoms. The first-order valence-electron chi connectivity index (χ1n) is 9.38. The van der Waals surface area contributed by atoms with Gasteiger partial charge in [0.25, 0.3) is 0 Å². The maximum absolute atomic E-state index is 5.62. The molecule has 0 spiro atoms. The van der Waals surface area contributed by atoms with Crippen LogP contribution in [0.3, 0.4) is 0 Å². The Balaban J connectivity index is 1.28. The van der Waals surface area contributed by atoms with Crippen molar-refractivity contribution < 1.29 is 4.74 Å². The summed E-state index contributed by atoms with van der Waals surface area (Å²) in [7, 11) is 0. The third-order valence-corrected chi connectivity index (χ3v) is 5.86. The molecule has 5 rings (SSSR count). The van der Waals surface area contributed by atoms with Crippen molar-refractivity contribution in [2.75, 3.05) is 19.7 Å². The molecule has 2 aliphatic heterocycles. The molecule has 0 amide bonds. The van der Waals surface area contributed by atoms with Crippen LogP contribution >= 0.6 is 0 Å². The maximum Gasteiger partial charge on any atom is 0.122 e. The number of nitrogens with zero attached hydrogens (tertiary/aromatic N) is 3. The topological polar surface area (TPSA) is 30.3 Å². The number of hydrogen-bond acceptors (Lipinski definition) is 3. The summed E-state index contributed by atoms with van der Waals surface area (Å²) in [4.78, 5) is 7.27. The van der Waals surface area contributed by atoms with E-state index in [1.165, 1.54) is 61.2 Å². The van der Waals surface area contributed by atoms with Crippen molar-refractivity contribution in [3.05, 3.63) is 47.0 Å². The molecular weight excluding hydrogens is 298 g/mol. The summed E-state index contributed by atoms with van der Waals surface area (Å²) in [5, 5.41) is 0. The molecular formula is C20H25N3O. The zero-order valence-electron chi connectivity index (χ0n) is 14.2. The lowest BCUT2D eigenvalue weighted by Crippen LogP contribution is -2.22. The average Bonchev–Trinajstić information content (AvgIpc) is 3.33. The van der Waals surface area contributed by atoms with Crippen molar-refractivity contribution in [1.82, 2.24) is 14.5 Å². The van der Waals surface area contributed by atoms with Crippen molar-refractivity contribution in [3.63, 3.8) is 0 Å². The SMILES string of the molecule is c1cc2c(cc1CN1CCC(n3cnc4c3CCCC4)C1)CCO2. The zero-order chi connectivity index (χ0) is 15.9. The minimum absolute atomic E-state index is 0.608. The fourth-order valence-electron chi connectivity index (χ4n) is 4.59. The number of benzene rings is 1. The van der Waals surface area contributed by atoms with Gasteiger partial charge in [0.15, 0.2) is 0 Å². The van der Waals surface area contributed by atoms with Crippen LogP contribution < -0.4 is 4.74 Å². The Bertz CT molecular complexity index is 751. The summed E-state index contributed by atoms with van der Waals surface area (Å²) in [6.45, 7) is 4.23. The van der Waals surface area contributed by atoms with Crippen LogP contribution in [-0.4, -0.2) is 34.1 Å². The number of ether oxygens (including phenoxy) is 1. The summed E-state index contributed by atoms with van der Waals surface area (Å²) in [6, 6.07) is 7.33. The number of fused-ring (bicyclic) bond motifs is 2. The van der Waals surface area contributed by atoms with E-state index in [1.807, 2.05) is 0 Å². The molecule has 126 valence electrons. The molecule has 1 unspecified atom stereocenters. The highest BCUT2D eigenvalue weighted by atomic mass is 16.5. The lowest BCUT2D eigenvalue weighted by molar-refractivity contribution is 0.314. The van der Waals surface area contributed by atoms with Gasteiger partial charge in [0, 0.05) is 37.8 Å². The number of aromatic nitrogens is 2. The van der Waals surface area contributed by atoms with E-state index >= 15 is 0 Å². The molecule has 2 aromatic rings. The van der Waals surface area contributed by atoms with Crippen LogP contribution in [0, 0.1) is 0 Å². The monoisotopic (exact) mass is 323 g/mol. The van der Waals surface area contributed by atoms with Gasteiger partial charge in [0.2, 0.25) is 0 Å². The van der Waals surface area contributed by atoms with E-state index in [0.29, 0.717) is 6.04 Å². The number of likely N-dealkylation sites (tertiary alicyclic amines) is 1. The van der Waals surface area contributed by atoms with Gasteiger partial charge < -0.3 is 9.30 Å². The summed E-state index contributed by atoms with van der Waals surface area (Å²) in [6.07, 6.45) is 9.45. The molecule has 0 N–H and O–H groups in total. The van der Waals surface area contributed by atoms with E-state index in [9.17, 15) is 0 Å². The first kappa shape index (κ1) is 14.5. The van der Waals surface area contributed by atoms with E-state index in [-0.39, 0.29) is 0 Å². The summed E-state index contributed by atoms with van der Waals surface area (Å²) in [5.74, 6) is 1.09. The Morgan fingerprint density at radius 2 is 2.12 bits per heavy atom. The van der Waals surface area contributed by atoms with Crippen LogP contribution in [-0.2, 0) is 25.8 Å². The van der Waals surface area contributed by atoms with Gasteiger partial charge in [0.05, 0.1) is 18.6 Å². The molecule has 3 heterocycles. The highest BCUT2D eigenvalue weighted by molar-refractivity contribution is 5.39. The molecule has 1 fully saturated rings. The maximum atomic E-state index is 5.62. The fourth-order valence-corrected chi connectivity index (χ4v) is 4.59. The third-order valence-electron chi connectivity index (χ3n) is 5.86. The van der Waals surface area contributed by atoms with Crippen molar-refractivity contribution in [3.8, 4) is 5.75 Å². The van der Waals surface area contributed by atoms with Crippen LogP contribution in [0.25, 0.3) is 0 Å². The lowest BCUT2D eigenvalue weighted by atomic mass is 10.0. The van der Waals surface area contributed by atoms with Crippen molar-refractivity contribution in [1.29, 1.82) is 0 Å². The van der Waals surface area contributed by atoms with Crippen molar-refractivity contribution >= 4 is 0 Å². The summed E-state index contributed by atoms with van der Waals surface area (Å²) >= 11 is 0. The van der Waals surface area contributed by atoms with E-state index < -0.39 is 0 Å². The predicted molar refractivity (Wildman–Crippen MR) is 93.4 cm³/mol. The fraction of sp³-hybridized carbons (Fsp3) is 0.550. The molecule has 4 heteroatoms. The van der Waals surface area contributed by atoms with Crippen molar-refractivity contribution in [2.24, 2.45) is 0 Å². The number of rotatable bonds is 3. The predicted octanol–water partition coefficient (Wildman–Crippen LogP) is 3.14. The van der Waals surface area contributed by atoms with Gasteiger partial charge in [-0.25, -0.2) is 4.98 Å². The minimum Gasteiger partial charge on any atom is -0.493 e. The number of imidazole rings is 1. The molecule has 0 saturated carbocycles. The number of aryl methyl sites for hydroxylation is 1. The number of hydrogen-bond donors (Lipinski definition) is 0. The molecule has 1 aliphatic carbocycles. The molecule has 1 aromatic heterocycles. The lowest BCUT2D eigenvalue weighted by Gasteiger charge is -2.20. The summed E-state index contributed by atoms with van der Waals surface area (Å²) < 4.78 is 8.11. The highest BCUT2D eigenvalue weighted by Crippen LogP contribution is 2.30. The zero-order valence-corrected chi connectivity index (χ0v) is 14.2. The Labute approximate surface area is 143 Å². The van der Waals surface area contributed by atoms with Crippen LogP contribution in [0.2, 0.25) is 0 Å². The molecule has 0 radical (unpaired) electrons. The highest BCUT2D eigenvalue weighted by Gasteiger charge is 2.27. The van der Waals surface area contributed by atoms with Gasteiger partial charge in [-0.05, 0) is 49.3 Å². The van der Waals surface area contributed by atoms with Gasteiger partial charge in [0.1, 0.15) is 5.75 Å². The van der Waals surface area contributed by atoms with Crippen LogP contribution in [0.4, 0.5) is 0 Å². The minimum atomic E-state index is 0.608. The summed E-state index contributed by atoms with van der Waals surface area (Å²) in [5.41, 5.74) is 5.68. The smallest absolute Gasteiger partial charge is 0.122 e. The van der Waals surface area contributed by atoms with E-state index in [1.54, 1.807) is 0 Å². The van der Waals surface area contributed by atoms with Gasteiger partial charge in [-0.1, -0.05) is 12.1 Å². The largest absolute Gasteiger partial charge is 0.493 e. The second-order valence-electron chi connectivity index (χ2n) is 7.47. The van der Waals surface area contributed by atoms with Crippen LogP contribution in [0.15, 0.2) is 24.5 Å². The second kappa shape index (κ2) is 5.92. The molecule has 1 atom stereocenters. The van der Waals surface area contributed by atoms with Crippen LogP contribution in [0.5, 0.6) is 5.75 Å². The Morgan fingerprint density at radius 1 is 1.17 bits per heavy atom. The molecule has 3 aliphatic rings.